The van der Waals surface area contributed by atoms with Crippen LogP contribution < -0.4 is 10.1 Å². The number of carbonyl (C=O) groups is 2. The predicted octanol–water partition coefficient (Wildman–Crippen LogP) is 3.00. The van der Waals surface area contributed by atoms with Crippen molar-refractivity contribution in [3.8, 4) is 5.75 Å². The minimum Gasteiger partial charge on any atom is -0.484 e. The first-order valence-corrected chi connectivity index (χ1v) is 9.34. The minimum absolute atomic E-state index is 0.0402. The zero-order chi connectivity index (χ0) is 19.4. The topological polar surface area (TPSA) is 80.2 Å². The smallest absolute Gasteiger partial charge is 0.268 e. The molecule has 0 saturated heterocycles. The summed E-state index contributed by atoms with van der Waals surface area (Å²) >= 11 is 7.32. The number of nitrogens with one attached hydrogen (secondary N) is 1. The van der Waals surface area contributed by atoms with E-state index < -0.39 is 6.10 Å². The van der Waals surface area contributed by atoms with Crippen molar-refractivity contribution in [3.63, 3.8) is 0 Å². The van der Waals surface area contributed by atoms with Gasteiger partial charge < -0.3 is 19.8 Å². The number of hydrogen-bond acceptors (Lipinski definition) is 6. The SMILES string of the molecule is CN(C)C(=O)COc1ccc(NC(=O)C2CC(c3ccc(Cl)s3)=NO2)cc1. The normalized spacial score (nSPS) is 15.7. The monoisotopic (exact) mass is 407 g/mol. The Morgan fingerprint density at radius 3 is 2.67 bits per heavy atom. The molecule has 1 aromatic heterocycles. The number of ether oxygens (including phenoxy) is 1. The molecule has 2 amide bonds. The molecule has 2 aromatic rings. The van der Waals surface area contributed by atoms with E-state index in [-0.39, 0.29) is 18.4 Å². The van der Waals surface area contributed by atoms with Crippen molar-refractivity contribution >= 4 is 46.2 Å². The number of oxime groups is 1. The number of amides is 2. The molecule has 1 unspecified atom stereocenters. The average Bonchev–Trinajstić information content (AvgIpc) is 3.29. The molecule has 0 fully saturated rings. The molecule has 3 rings (SSSR count). The third-order valence-corrected chi connectivity index (χ3v) is 5.08. The van der Waals surface area contributed by atoms with Crippen LogP contribution >= 0.6 is 22.9 Å². The average molecular weight is 408 g/mol. The van der Waals surface area contributed by atoms with Crippen LogP contribution in [-0.4, -0.2) is 49.2 Å². The first-order valence-electron chi connectivity index (χ1n) is 8.14. The van der Waals surface area contributed by atoms with Gasteiger partial charge in [0.15, 0.2) is 6.61 Å². The zero-order valence-corrected chi connectivity index (χ0v) is 16.3. The molecule has 1 aliphatic rings. The van der Waals surface area contributed by atoms with Crippen molar-refractivity contribution in [2.45, 2.75) is 12.5 Å². The van der Waals surface area contributed by atoms with Gasteiger partial charge in [0.25, 0.3) is 11.8 Å². The fourth-order valence-electron chi connectivity index (χ4n) is 2.26. The van der Waals surface area contributed by atoms with Crippen molar-refractivity contribution < 1.29 is 19.2 Å². The van der Waals surface area contributed by atoms with Gasteiger partial charge in [0.05, 0.1) is 9.21 Å². The van der Waals surface area contributed by atoms with Gasteiger partial charge in [-0.1, -0.05) is 16.8 Å². The van der Waals surface area contributed by atoms with E-state index in [4.69, 9.17) is 21.2 Å². The highest BCUT2D eigenvalue weighted by atomic mass is 35.5. The largest absolute Gasteiger partial charge is 0.484 e. The Labute approximate surface area is 165 Å². The maximum atomic E-state index is 12.4. The lowest BCUT2D eigenvalue weighted by Crippen LogP contribution is -2.28. The van der Waals surface area contributed by atoms with E-state index in [2.05, 4.69) is 10.5 Å². The van der Waals surface area contributed by atoms with Crippen LogP contribution in [0.15, 0.2) is 41.6 Å². The van der Waals surface area contributed by atoms with Crippen molar-refractivity contribution in [3.05, 3.63) is 45.6 Å². The van der Waals surface area contributed by atoms with Crippen molar-refractivity contribution in [1.82, 2.24) is 4.90 Å². The molecular weight excluding hydrogens is 390 g/mol. The molecule has 0 aliphatic carbocycles. The van der Waals surface area contributed by atoms with Crippen molar-refractivity contribution in [1.29, 1.82) is 0 Å². The lowest BCUT2D eigenvalue weighted by atomic mass is 10.1. The van der Waals surface area contributed by atoms with Gasteiger partial charge in [-0.2, -0.15) is 0 Å². The number of rotatable bonds is 6. The standard InChI is InChI=1S/C18H18ClN3O4S/c1-22(2)17(23)10-25-12-5-3-11(4-6-12)20-18(24)14-9-13(21-26-14)15-7-8-16(19)27-15/h3-8,14H,9-10H2,1-2H3,(H,20,24). The summed E-state index contributed by atoms with van der Waals surface area (Å²) in [6, 6.07) is 10.4. The minimum atomic E-state index is -0.686. The van der Waals surface area contributed by atoms with Gasteiger partial charge in [0, 0.05) is 26.2 Å². The maximum Gasteiger partial charge on any atom is 0.268 e. The third-order valence-electron chi connectivity index (χ3n) is 3.80. The molecule has 27 heavy (non-hydrogen) atoms. The van der Waals surface area contributed by atoms with Gasteiger partial charge in [0.2, 0.25) is 6.10 Å². The van der Waals surface area contributed by atoms with Crippen LogP contribution in [0.2, 0.25) is 4.34 Å². The number of thiophene rings is 1. The lowest BCUT2D eigenvalue weighted by molar-refractivity contribution is -0.130. The fourth-order valence-corrected chi connectivity index (χ4v) is 3.30. The third kappa shape index (κ3) is 4.99. The quantitative estimate of drug-likeness (QED) is 0.798. The van der Waals surface area contributed by atoms with Gasteiger partial charge >= 0.3 is 0 Å². The Morgan fingerprint density at radius 2 is 2.04 bits per heavy atom. The highest BCUT2D eigenvalue weighted by Crippen LogP contribution is 2.27. The number of carbonyl (C=O) groups excluding carboxylic acids is 2. The summed E-state index contributed by atoms with van der Waals surface area (Å²) in [4.78, 5) is 31.5. The van der Waals surface area contributed by atoms with E-state index in [1.807, 2.05) is 6.07 Å². The van der Waals surface area contributed by atoms with Crippen LogP contribution in [0.5, 0.6) is 5.75 Å². The van der Waals surface area contributed by atoms with E-state index in [1.165, 1.54) is 16.2 Å². The Morgan fingerprint density at radius 1 is 1.30 bits per heavy atom. The highest BCUT2D eigenvalue weighted by molar-refractivity contribution is 7.18. The van der Waals surface area contributed by atoms with Gasteiger partial charge in [-0.3, -0.25) is 9.59 Å². The molecule has 1 N–H and O–H groups in total. The molecule has 7 nitrogen and oxygen atoms in total. The Kier molecular flexibility index (Phi) is 5.98. The molecule has 2 heterocycles. The Balaban J connectivity index is 1.50. The van der Waals surface area contributed by atoms with Gasteiger partial charge in [-0.25, -0.2) is 0 Å². The van der Waals surface area contributed by atoms with E-state index in [9.17, 15) is 9.59 Å². The van der Waals surface area contributed by atoms with Crippen molar-refractivity contribution in [2.24, 2.45) is 5.16 Å². The van der Waals surface area contributed by atoms with Crippen LogP contribution in [0.4, 0.5) is 5.69 Å². The summed E-state index contributed by atoms with van der Waals surface area (Å²) < 4.78 is 6.06. The summed E-state index contributed by atoms with van der Waals surface area (Å²) in [5.41, 5.74) is 1.31. The van der Waals surface area contributed by atoms with Crippen LogP contribution in [0.3, 0.4) is 0 Å². The summed E-state index contributed by atoms with van der Waals surface area (Å²) in [7, 11) is 3.33. The second kappa shape index (κ2) is 8.41. The first kappa shape index (κ1) is 19.2. The molecular formula is C18H18ClN3O4S. The number of nitrogens with zero attached hydrogens (tertiary/aromatic N) is 2. The molecule has 0 radical (unpaired) electrons. The van der Waals surface area contributed by atoms with E-state index in [0.29, 0.717) is 27.9 Å². The Hall–Kier alpha value is -2.58. The molecule has 0 bridgehead atoms. The molecule has 0 saturated carbocycles. The number of anilines is 1. The van der Waals surface area contributed by atoms with Crippen LogP contribution in [-0.2, 0) is 14.4 Å². The first-order chi connectivity index (χ1) is 12.9. The van der Waals surface area contributed by atoms with Gasteiger partial charge in [0.1, 0.15) is 11.5 Å². The number of likely N-dealkylation sites (N-methyl/N-ethyl adjacent to an activating group) is 1. The Bertz CT molecular complexity index is 864. The number of hydrogen-bond donors (Lipinski definition) is 1. The van der Waals surface area contributed by atoms with E-state index in [1.54, 1.807) is 44.4 Å². The summed E-state index contributed by atoms with van der Waals surface area (Å²) in [6.45, 7) is -0.0402. The molecule has 142 valence electrons. The summed E-state index contributed by atoms with van der Waals surface area (Å²) in [6.07, 6.45) is -0.300. The van der Waals surface area contributed by atoms with Crippen molar-refractivity contribution in [2.75, 3.05) is 26.0 Å². The van der Waals surface area contributed by atoms with Crippen LogP contribution in [0, 0.1) is 0 Å². The lowest BCUT2D eigenvalue weighted by Gasteiger charge is -2.12. The second-order valence-corrected chi connectivity index (χ2v) is 7.75. The van der Waals surface area contributed by atoms with Gasteiger partial charge in [-0.15, -0.1) is 11.3 Å². The molecule has 1 atom stereocenters. The molecule has 1 aromatic carbocycles. The zero-order valence-electron chi connectivity index (χ0n) is 14.8. The second-order valence-electron chi connectivity index (χ2n) is 6.03. The summed E-state index contributed by atoms with van der Waals surface area (Å²) in [5, 5.41) is 6.76. The van der Waals surface area contributed by atoms with Crippen LogP contribution in [0.25, 0.3) is 0 Å². The van der Waals surface area contributed by atoms with Crippen LogP contribution in [0.1, 0.15) is 11.3 Å². The number of benzene rings is 1. The summed E-state index contributed by atoms with van der Waals surface area (Å²) in [5.74, 6) is 0.127. The van der Waals surface area contributed by atoms with E-state index >= 15 is 0 Å². The maximum absolute atomic E-state index is 12.4. The number of halogens is 1. The highest BCUT2D eigenvalue weighted by Gasteiger charge is 2.29. The molecule has 1 aliphatic heterocycles. The van der Waals surface area contributed by atoms with Gasteiger partial charge in [-0.05, 0) is 36.4 Å². The fraction of sp³-hybridized carbons (Fsp3) is 0.278. The molecule has 9 heteroatoms. The molecule has 0 spiro atoms. The predicted molar refractivity (Wildman–Crippen MR) is 105 cm³/mol. The van der Waals surface area contributed by atoms with E-state index in [0.717, 1.165) is 4.88 Å².